The summed E-state index contributed by atoms with van der Waals surface area (Å²) >= 11 is 0. The number of hydrogen-bond donors (Lipinski definition) is 1. The molecule has 0 saturated heterocycles. The number of fused-ring (bicyclic) bond motifs is 5. The van der Waals surface area contributed by atoms with E-state index in [4.69, 9.17) is 4.74 Å². The van der Waals surface area contributed by atoms with Crippen molar-refractivity contribution in [2.24, 2.45) is 0 Å². The van der Waals surface area contributed by atoms with Gasteiger partial charge in [0.05, 0.1) is 5.52 Å². The first-order valence-electron chi connectivity index (χ1n) is 9.70. The van der Waals surface area contributed by atoms with Gasteiger partial charge in [0.25, 0.3) is 5.91 Å². The highest BCUT2D eigenvalue weighted by atomic mass is 19.1. The van der Waals surface area contributed by atoms with Gasteiger partial charge < -0.3 is 14.6 Å². The van der Waals surface area contributed by atoms with E-state index >= 15 is 0 Å². The molecule has 0 saturated carbocycles. The third kappa shape index (κ3) is 2.56. The number of aryl methyl sites for hydroxylation is 2. The number of carbonyl (C=O) groups is 1. The van der Waals surface area contributed by atoms with Crippen LogP contribution >= 0.6 is 0 Å². The van der Waals surface area contributed by atoms with E-state index in [1.54, 1.807) is 14.1 Å². The van der Waals surface area contributed by atoms with Gasteiger partial charge in [-0.1, -0.05) is 0 Å². The van der Waals surface area contributed by atoms with Crippen molar-refractivity contribution >= 4 is 16.9 Å². The van der Waals surface area contributed by atoms with Crippen molar-refractivity contribution in [1.29, 1.82) is 0 Å². The number of aromatic amines is 1. The average Bonchev–Trinajstić information content (AvgIpc) is 3.20. The molecule has 2 aromatic carbocycles. The molecule has 1 unspecified atom stereocenters. The summed E-state index contributed by atoms with van der Waals surface area (Å²) in [5, 5.41) is 0. The molecule has 3 aromatic rings. The maximum absolute atomic E-state index is 14.8. The van der Waals surface area contributed by atoms with Gasteiger partial charge in [-0.15, -0.1) is 0 Å². The number of nitrogens with one attached hydrogen (secondary N) is 1. The summed E-state index contributed by atoms with van der Waals surface area (Å²) in [5.41, 5.74) is 2.94. The first-order chi connectivity index (χ1) is 13.8. The normalized spacial score (nSPS) is 19.9. The highest BCUT2D eigenvalue weighted by Crippen LogP contribution is 2.51. The number of carbonyl (C=O) groups excluding carboxylic acids is 1. The van der Waals surface area contributed by atoms with Crippen LogP contribution in [0.4, 0.5) is 8.78 Å². The molecule has 1 aromatic heterocycles. The van der Waals surface area contributed by atoms with Gasteiger partial charge in [0.1, 0.15) is 28.6 Å². The van der Waals surface area contributed by atoms with Crippen molar-refractivity contribution in [3.8, 4) is 5.75 Å². The smallest absolute Gasteiger partial charge is 0.253 e. The molecule has 150 valence electrons. The Labute approximate surface area is 166 Å². The number of imidazole rings is 1. The molecule has 1 atom stereocenters. The number of H-pyrrole nitrogens is 1. The highest BCUT2D eigenvalue weighted by Gasteiger charge is 2.47. The topological polar surface area (TPSA) is 58.2 Å². The van der Waals surface area contributed by atoms with Crippen LogP contribution in [0.1, 0.15) is 45.7 Å². The molecule has 29 heavy (non-hydrogen) atoms. The van der Waals surface area contributed by atoms with Crippen LogP contribution in [-0.4, -0.2) is 34.9 Å². The van der Waals surface area contributed by atoms with Gasteiger partial charge in [0.15, 0.2) is 5.75 Å². The minimum Gasteiger partial charge on any atom is -0.480 e. The third-order valence-electron chi connectivity index (χ3n) is 6.06. The second-order valence-electron chi connectivity index (χ2n) is 8.17. The van der Waals surface area contributed by atoms with Gasteiger partial charge in [0.2, 0.25) is 0 Å². The van der Waals surface area contributed by atoms with Crippen molar-refractivity contribution in [2.75, 3.05) is 14.1 Å². The van der Waals surface area contributed by atoms with Crippen molar-refractivity contribution in [1.82, 2.24) is 14.9 Å². The van der Waals surface area contributed by atoms with Crippen LogP contribution in [0, 0.1) is 18.6 Å². The molecule has 0 radical (unpaired) electrons. The summed E-state index contributed by atoms with van der Waals surface area (Å²) in [6, 6.07) is 4.13. The van der Waals surface area contributed by atoms with Crippen molar-refractivity contribution < 1.29 is 18.3 Å². The summed E-state index contributed by atoms with van der Waals surface area (Å²) in [5.74, 6) is -0.0236. The van der Waals surface area contributed by atoms with Crippen LogP contribution in [-0.2, 0) is 18.4 Å². The number of ether oxygens (including phenoxy) is 1. The summed E-state index contributed by atoms with van der Waals surface area (Å²) in [7, 11) is 3.42. The van der Waals surface area contributed by atoms with E-state index < -0.39 is 17.2 Å². The monoisotopic (exact) mass is 397 g/mol. The van der Waals surface area contributed by atoms with Crippen molar-refractivity contribution in [3.05, 3.63) is 57.9 Å². The zero-order valence-electron chi connectivity index (χ0n) is 16.5. The summed E-state index contributed by atoms with van der Waals surface area (Å²) < 4.78 is 35.0. The molecule has 0 fully saturated rings. The molecule has 1 spiro atoms. The lowest BCUT2D eigenvalue weighted by Crippen LogP contribution is -2.36. The maximum atomic E-state index is 14.8. The molecule has 1 aliphatic carbocycles. The lowest BCUT2D eigenvalue weighted by atomic mass is 9.84. The van der Waals surface area contributed by atoms with Crippen molar-refractivity contribution in [2.45, 2.75) is 38.2 Å². The van der Waals surface area contributed by atoms with E-state index in [2.05, 4.69) is 9.97 Å². The summed E-state index contributed by atoms with van der Waals surface area (Å²) in [4.78, 5) is 22.1. The van der Waals surface area contributed by atoms with E-state index in [-0.39, 0.29) is 5.91 Å². The maximum Gasteiger partial charge on any atom is 0.253 e. The average molecular weight is 397 g/mol. The first-order valence-corrected chi connectivity index (χ1v) is 9.70. The lowest BCUT2D eigenvalue weighted by molar-refractivity contribution is 0.0424. The van der Waals surface area contributed by atoms with E-state index in [9.17, 15) is 13.6 Å². The number of amides is 1. The van der Waals surface area contributed by atoms with E-state index in [1.807, 2.05) is 13.0 Å². The highest BCUT2D eigenvalue weighted by molar-refractivity contribution is 6.01. The van der Waals surface area contributed by atoms with Gasteiger partial charge in [-0.05, 0) is 50.3 Å². The Bertz CT molecular complexity index is 1180. The molecule has 0 bridgehead atoms. The second kappa shape index (κ2) is 6.02. The minimum atomic E-state index is -0.861. The Balaban J connectivity index is 1.72. The van der Waals surface area contributed by atoms with Crippen LogP contribution in [0.5, 0.6) is 5.75 Å². The number of hydrogen-bond acceptors (Lipinski definition) is 3. The Morgan fingerprint density at radius 1 is 1.21 bits per heavy atom. The molecule has 1 aliphatic heterocycles. The summed E-state index contributed by atoms with van der Waals surface area (Å²) in [6.45, 7) is 1.84. The van der Waals surface area contributed by atoms with Crippen LogP contribution in [0.3, 0.4) is 0 Å². The Kier molecular flexibility index (Phi) is 3.75. The lowest BCUT2D eigenvalue weighted by Gasteiger charge is -2.37. The van der Waals surface area contributed by atoms with E-state index in [0.717, 1.165) is 11.6 Å². The molecule has 1 amide bonds. The Hall–Kier alpha value is -2.96. The van der Waals surface area contributed by atoms with Crippen LogP contribution < -0.4 is 4.74 Å². The van der Waals surface area contributed by atoms with Gasteiger partial charge in [-0.2, -0.15) is 0 Å². The first kappa shape index (κ1) is 18.1. The van der Waals surface area contributed by atoms with Crippen LogP contribution in [0.25, 0.3) is 11.0 Å². The number of benzene rings is 2. The largest absolute Gasteiger partial charge is 0.480 e. The predicted molar refractivity (Wildman–Crippen MR) is 104 cm³/mol. The molecule has 1 N–H and O–H groups in total. The fourth-order valence-corrected chi connectivity index (χ4v) is 4.80. The fraction of sp³-hybridized carbons (Fsp3) is 0.364. The molecule has 7 heteroatoms. The van der Waals surface area contributed by atoms with Crippen molar-refractivity contribution in [3.63, 3.8) is 0 Å². The van der Waals surface area contributed by atoms with Crippen LogP contribution in [0.15, 0.2) is 18.2 Å². The Morgan fingerprint density at radius 2 is 1.97 bits per heavy atom. The second-order valence-corrected chi connectivity index (χ2v) is 8.17. The van der Waals surface area contributed by atoms with Crippen LogP contribution in [0.2, 0.25) is 0 Å². The van der Waals surface area contributed by atoms with E-state index in [1.165, 1.54) is 11.0 Å². The molecular weight excluding hydrogens is 376 g/mol. The number of rotatable bonds is 1. The molecular formula is C22H21F2N3O2. The van der Waals surface area contributed by atoms with Gasteiger partial charge >= 0.3 is 0 Å². The predicted octanol–water partition coefficient (Wildman–Crippen LogP) is 4.02. The molecule has 5 rings (SSSR count). The number of nitrogens with zero attached hydrogens (tertiary/aromatic N) is 2. The quantitative estimate of drug-likeness (QED) is 0.675. The molecule has 2 heterocycles. The minimum absolute atomic E-state index is 0.116. The van der Waals surface area contributed by atoms with Gasteiger partial charge in [-0.25, -0.2) is 13.8 Å². The fourth-order valence-electron chi connectivity index (χ4n) is 4.80. The molecule has 2 aliphatic rings. The Morgan fingerprint density at radius 3 is 2.72 bits per heavy atom. The molecule has 5 nitrogen and oxygen atoms in total. The number of halogens is 2. The summed E-state index contributed by atoms with van der Waals surface area (Å²) in [6.07, 6.45) is 2.21. The zero-order valence-corrected chi connectivity index (χ0v) is 16.5. The van der Waals surface area contributed by atoms with Gasteiger partial charge in [0, 0.05) is 36.9 Å². The van der Waals surface area contributed by atoms with E-state index in [0.29, 0.717) is 65.0 Å². The zero-order chi connectivity index (χ0) is 20.5. The third-order valence-corrected chi connectivity index (χ3v) is 6.06. The SMILES string of the molecule is Cc1nc2c3c(c(C(=O)N(C)C)cc2[nH]1)CCC1(CCc2cc(F)cc(F)c21)O3. The van der Waals surface area contributed by atoms with Gasteiger partial charge in [-0.3, -0.25) is 4.79 Å². The standard InChI is InChI=1S/C22H21F2N3O2/c1-11-25-17-10-15(21(28)27(2)3)14-5-7-22(29-20(14)19(17)26-11)6-4-12-8-13(23)9-16(24)18(12)22/h8-10H,4-7H2,1-3H3,(H,25,26). The number of aromatic nitrogens is 2.